The maximum absolute atomic E-state index is 5.77. The van der Waals surface area contributed by atoms with Gasteiger partial charge in [0.15, 0.2) is 0 Å². The Morgan fingerprint density at radius 1 is 1.30 bits per heavy atom. The van der Waals surface area contributed by atoms with Crippen LogP contribution in [-0.4, -0.2) is 32.1 Å². The van der Waals surface area contributed by atoms with E-state index in [1.54, 1.807) is 0 Å². The second-order valence-corrected chi connectivity index (χ2v) is 6.91. The first-order valence-electron chi connectivity index (χ1n) is 7.81. The number of ether oxygens (including phenoxy) is 1. The van der Waals surface area contributed by atoms with Crippen LogP contribution in [0.15, 0.2) is 35.2 Å². The Labute approximate surface area is 127 Å². The van der Waals surface area contributed by atoms with E-state index in [1.165, 1.54) is 36.3 Å². The van der Waals surface area contributed by atoms with Gasteiger partial charge in [-0.1, -0.05) is 25.1 Å². The van der Waals surface area contributed by atoms with E-state index in [4.69, 9.17) is 4.74 Å². The van der Waals surface area contributed by atoms with Crippen LogP contribution in [0.1, 0.15) is 32.6 Å². The van der Waals surface area contributed by atoms with Crippen molar-refractivity contribution >= 4 is 11.8 Å². The molecule has 0 saturated carbocycles. The summed E-state index contributed by atoms with van der Waals surface area (Å²) in [4.78, 5) is 1.38. The smallest absolute Gasteiger partial charge is 0.0534 e. The van der Waals surface area contributed by atoms with Crippen molar-refractivity contribution in [1.82, 2.24) is 5.32 Å². The summed E-state index contributed by atoms with van der Waals surface area (Å²) >= 11 is 1.97. The zero-order chi connectivity index (χ0) is 14.1. The normalized spacial score (nSPS) is 22.9. The van der Waals surface area contributed by atoms with E-state index in [-0.39, 0.29) is 0 Å². The highest BCUT2D eigenvalue weighted by Crippen LogP contribution is 2.34. The van der Waals surface area contributed by atoms with Gasteiger partial charge in [-0.3, -0.25) is 0 Å². The third-order valence-electron chi connectivity index (χ3n) is 3.98. The van der Waals surface area contributed by atoms with E-state index in [9.17, 15) is 0 Å². The lowest BCUT2D eigenvalue weighted by Gasteiger charge is -2.37. The van der Waals surface area contributed by atoms with E-state index >= 15 is 0 Å². The minimum absolute atomic E-state index is 0.356. The van der Waals surface area contributed by atoms with E-state index in [0.29, 0.717) is 5.41 Å². The van der Waals surface area contributed by atoms with Gasteiger partial charge in [-0.15, -0.1) is 11.8 Å². The molecule has 0 bridgehead atoms. The van der Waals surface area contributed by atoms with Crippen LogP contribution in [0.5, 0.6) is 0 Å². The first-order valence-corrected chi connectivity index (χ1v) is 8.79. The summed E-state index contributed by atoms with van der Waals surface area (Å²) in [5.41, 5.74) is 0.356. The van der Waals surface area contributed by atoms with Crippen LogP contribution < -0.4 is 5.32 Å². The van der Waals surface area contributed by atoms with E-state index in [1.807, 2.05) is 11.8 Å². The number of hydrogen-bond donors (Lipinski definition) is 1. The second-order valence-electron chi connectivity index (χ2n) is 5.74. The zero-order valence-electron chi connectivity index (χ0n) is 12.6. The molecule has 1 aromatic carbocycles. The predicted molar refractivity (Wildman–Crippen MR) is 87.4 cm³/mol. The van der Waals surface area contributed by atoms with Crippen molar-refractivity contribution in [3.05, 3.63) is 30.3 Å². The molecule has 1 heterocycles. The fraction of sp³-hybridized carbons (Fsp3) is 0.647. The molecule has 1 aliphatic rings. The lowest BCUT2D eigenvalue weighted by Crippen LogP contribution is -2.41. The topological polar surface area (TPSA) is 21.3 Å². The Hall–Kier alpha value is -0.510. The summed E-state index contributed by atoms with van der Waals surface area (Å²) in [5, 5.41) is 3.61. The summed E-state index contributed by atoms with van der Waals surface area (Å²) in [5.74, 6) is 1.18. The highest BCUT2D eigenvalue weighted by molar-refractivity contribution is 7.99. The minimum atomic E-state index is 0.356. The van der Waals surface area contributed by atoms with E-state index in [0.717, 1.165) is 26.3 Å². The van der Waals surface area contributed by atoms with Crippen molar-refractivity contribution in [2.24, 2.45) is 5.41 Å². The number of benzene rings is 1. The molecular formula is C17H27NOS. The van der Waals surface area contributed by atoms with Crippen LogP contribution in [0.3, 0.4) is 0 Å². The first-order chi connectivity index (χ1) is 9.85. The standard InChI is InChI=1S/C17H27NOS/c1-2-11-18-14-17(9-6-12-19-15-17)10-13-20-16-7-4-3-5-8-16/h3-5,7-8,18H,2,6,9-15H2,1H3. The quantitative estimate of drug-likeness (QED) is 0.579. The Morgan fingerprint density at radius 3 is 2.85 bits per heavy atom. The average molecular weight is 293 g/mol. The molecule has 1 unspecified atom stereocenters. The maximum Gasteiger partial charge on any atom is 0.0534 e. The van der Waals surface area contributed by atoms with Gasteiger partial charge in [0.05, 0.1) is 6.61 Å². The van der Waals surface area contributed by atoms with Crippen molar-refractivity contribution in [1.29, 1.82) is 0 Å². The number of hydrogen-bond acceptors (Lipinski definition) is 3. The molecule has 0 aromatic heterocycles. The van der Waals surface area contributed by atoms with Crippen LogP contribution >= 0.6 is 11.8 Å². The van der Waals surface area contributed by atoms with Crippen LogP contribution in [0.4, 0.5) is 0 Å². The lowest BCUT2D eigenvalue weighted by atomic mass is 9.80. The molecule has 1 saturated heterocycles. The molecule has 1 N–H and O–H groups in total. The summed E-state index contributed by atoms with van der Waals surface area (Å²) < 4.78 is 5.77. The molecule has 1 aliphatic heterocycles. The monoisotopic (exact) mass is 293 g/mol. The third-order valence-corrected chi connectivity index (χ3v) is 4.99. The van der Waals surface area contributed by atoms with Crippen LogP contribution in [0.25, 0.3) is 0 Å². The molecule has 1 fully saturated rings. The van der Waals surface area contributed by atoms with Gasteiger partial charge in [-0.2, -0.15) is 0 Å². The third kappa shape index (κ3) is 5.12. The Kier molecular flexibility index (Phi) is 6.91. The van der Waals surface area contributed by atoms with Gasteiger partial charge in [0.1, 0.15) is 0 Å². The summed E-state index contributed by atoms with van der Waals surface area (Å²) in [6.07, 6.45) is 4.96. The van der Waals surface area contributed by atoms with Crippen molar-refractivity contribution in [3.63, 3.8) is 0 Å². The van der Waals surface area contributed by atoms with E-state index < -0.39 is 0 Å². The molecule has 112 valence electrons. The highest BCUT2D eigenvalue weighted by Gasteiger charge is 2.32. The Bertz CT molecular complexity index is 363. The van der Waals surface area contributed by atoms with Gasteiger partial charge in [-0.25, -0.2) is 0 Å². The average Bonchev–Trinajstić information content (AvgIpc) is 2.50. The molecular weight excluding hydrogens is 266 g/mol. The predicted octanol–water partition coefficient (Wildman–Crippen LogP) is 3.97. The van der Waals surface area contributed by atoms with E-state index in [2.05, 4.69) is 42.6 Å². The van der Waals surface area contributed by atoms with Crippen molar-refractivity contribution in [2.45, 2.75) is 37.5 Å². The fourth-order valence-electron chi connectivity index (χ4n) is 2.77. The second kappa shape index (κ2) is 8.71. The molecule has 0 radical (unpaired) electrons. The van der Waals surface area contributed by atoms with Gasteiger partial charge >= 0.3 is 0 Å². The molecule has 2 rings (SSSR count). The number of nitrogens with one attached hydrogen (secondary N) is 1. The molecule has 0 aliphatic carbocycles. The van der Waals surface area contributed by atoms with Crippen molar-refractivity contribution < 1.29 is 4.74 Å². The molecule has 20 heavy (non-hydrogen) atoms. The molecule has 0 spiro atoms. The molecule has 1 atom stereocenters. The van der Waals surface area contributed by atoms with Crippen LogP contribution in [0.2, 0.25) is 0 Å². The minimum Gasteiger partial charge on any atom is -0.381 e. The summed E-state index contributed by atoms with van der Waals surface area (Å²) in [6.45, 7) is 6.33. The highest BCUT2D eigenvalue weighted by atomic mass is 32.2. The maximum atomic E-state index is 5.77. The summed E-state index contributed by atoms with van der Waals surface area (Å²) in [7, 11) is 0. The fourth-order valence-corrected chi connectivity index (χ4v) is 3.89. The summed E-state index contributed by atoms with van der Waals surface area (Å²) in [6, 6.07) is 10.7. The van der Waals surface area contributed by atoms with Gasteiger partial charge in [0.25, 0.3) is 0 Å². The van der Waals surface area contributed by atoms with Crippen LogP contribution in [0, 0.1) is 5.41 Å². The Balaban J connectivity index is 1.80. The van der Waals surface area contributed by atoms with Gasteiger partial charge in [-0.05, 0) is 50.1 Å². The van der Waals surface area contributed by atoms with Gasteiger partial charge in [0.2, 0.25) is 0 Å². The largest absolute Gasteiger partial charge is 0.381 e. The number of thioether (sulfide) groups is 1. The zero-order valence-corrected chi connectivity index (χ0v) is 13.4. The van der Waals surface area contributed by atoms with Crippen LogP contribution in [-0.2, 0) is 4.74 Å². The number of rotatable bonds is 8. The molecule has 0 amide bonds. The van der Waals surface area contributed by atoms with Crippen molar-refractivity contribution in [3.8, 4) is 0 Å². The molecule has 3 heteroatoms. The SMILES string of the molecule is CCCNCC1(CCSc2ccccc2)CCCOC1. The Morgan fingerprint density at radius 2 is 2.15 bits per heavy atom. The first kappa shape index (κ1) is 15.9. The van der Waals surface area contributed by atoms with Gasteiger partial charge in [0, 0.05) is 23.5 Å². The molecule has 2 nitrogen and oxygen atoms in total. The lowest BCUT2D eigenvalue weighted by molar-refractivity contribution is -0.00864. The molecule has 1 aromatic rings. The van der Waals surface area contributed by atoms with Crippen molar-refractivity contribution in [2.75, 3.05) is 32.1 Å². The van der Waals surface area contributed by atoms with Gasteiger partial charge < -0.3 is 10.1 Å².